The fourth-order valence-electron chi connectivity index (χ4n) is 1.50. The topological polar surface area (TPSA) is 72.2 Å². The number of rotatable bonds is 6. The van der Waals surface area contributed by atoms with Crippen molar-refractivity contribution in [3.8, 4) is 0 Å². The monoisotopic (exact) mass is 282 g/mol. The molecule has 1 aromatic rings. The molecule has 1 aromatic carbocycles. The normalized spacial score (nSPS) is 11.7. The Morgan fingerprint density at radius 3 is 2.74 bits per heavy atom. The summed E-state index contributed by atoms with van der Waals surface area (Å²) < 4.78 is 13.4. The van der Waals surface area contributed by atoms with Crippen molar-refractivity contribution >= 4 is 29.5 Å². The summed E-state index contributed by atoms with van der Waals surface area (Å²) in [7, 11) is 0. The van der Waals surface area contributed by atoms with Crippen molar-refractivity contribution in [2.45, 2.75) is 12.7 Å². The standard InChI is InChI=1S/C13H15FN2O2S/c1-8(13(15)12(18)6-17)16-11-4-9(7-19-2)3-10(14)5-11/h3-6,16H,7,15H2,1-2H3/b13-8-. The number of Topliss-reactive ketones (excluding diaryl/α,β-unsaturated/α-hetero) is 1. The van der Waals surface area contributed by atoms with Gasteiger partial charge in [-0.15, -0.1) is 0 Å². The molecule has 0 radical (unpaired) electrons. The number of aldehydes is 1. The highest BCUT2D eigenvalue weighted by Gasteiger charge is 2.08. The Kier molecular flexibility index (Phi) is 5.57. The van der Waals surface area contributed by atoms with Crippen molar-refractivity contribution in [2.24, 2.45) is 5.73 Å². The van der Waals surface area contributed by atoms with Gasteiger partial charge in [0.2, 0.25) is 5.78 Å². The van der Waals surface area contributed by atoms with Crippen LogP contribution in [-0.2, 0) is 15.3 Å². The van der Waals surface area contributed by atoms with E-state index < -0.39 is 5.78 Å². The minimum absolute atomic E-state index is 0.144. The Balaban J connectivity index is 2.99. The highest BCUT2D eigenvalue weighted by molar-refractivity contribution is 7.97. The summed E-state index contributed by atoms with van der Waals surface area (Å²) in [4.78, 5) is 21.5. The van der Waals surface area contributed by atoms with Crippen molar-refractivity contribution in [1.82, 2.24) is 0 Å². The van der Waals surface area contributed by atoms with Gasteiger partial charge in [-0.25, -0.2) is 4.39 Å². The number of hydrogen-bond acceptors (Lipinski definition) is 5. The lowest BCUT2D eigenvalue weighted by atomic mass is 10.2. The van der Waals surface area contributed by atoms with Crippen LogP contribution in [0.2, 0.25) is 0 Å². The van der Waals surface area contributed by atoms with Gasteiger partial charge in [-0.2, -0.15) is 11.8 Å². The molecule has 0 fully saturated rings. The van der Waals surface area contributed by atoms with E-state index in [-0.39, 0.29) is 17.8 Å². The maximum Gasteiger partial charge on any atom is 0.242 e. The summed E-state index contributed by atoms with van der Waals surface area (Å²) >= 11 is 1.57. The van der Waals surface area contributed by atoms with Gasteiger partial charge < -0.3 is 11.1 Å². The quantitative estimate of drug-likeness (QED) is 0.475. The summed E-state index contributed by atoms with van der Waals surface area (Å²) in [6.45, 7) is 1.55. The van der Waals surface area contributed by atoms with Crippen LogP contribution in [0, 0.1) is 5.82 Å². The van der Waals surface area contributed by atoms with Gasteiger partial charge in [-0.1, -0.05) is 0 Å². The zero-order chi connectivity index (χ0) is 14.4. The number of nitrogens with one attached hydrogen (secondary N) is 1. The van der Waals surface area contributed by atoms with E-state index in [4.69, 9.17) is 5.73 Å². The van der Waals surface area contributed by atoms with E-state index in [0.29, 0.717) is 17.1 Å². The Hall–Kier alpha value is -1.82. The molecule has 0 aliphatic heterocycles. The molecular weight excluding hydrogens is 267 g/mol. The third kappa shape index (κ3) is 4.40. The van der Waals surface area contributed by atoms with E-state index in [1.807, 2.05) is 6.26 Å². The molecule has 0 atom stereocenters. The predicted molar refractivity (Wildman–Crippen MR) is 75.2 cm³/mol. The number of ketones is 1. The maximum absolute atomic E-state index is 13.4. The van der Waals surface area contributed by atoms with E-state index in [2.05, 4.69) is 5.32 Å². The van der Waals surface area contributed by atoms with Crippen LogP contribution in [0.5, 0.6) is 0 Å². The Morgan fingerprint density at radius 2 is 2.16 bits per heavy atom. The number of anilines is 1. The lowest BCUT2D eigenvalue weighted by molar-refractivity contribution is -0.127. The number of carbonyl (C=O) groups excluding carboxylic acids is 2. The molecule has 6 heteroatoms. The van der Waals surface area contributed by atoms with Crippen LogP contribution in [0.15, 0.2) is 29.6 Å². The van der Waals surface area contributed by atoms with Crippen LogP contribution in [0.3, 0.4) is 0 Å². The second kappa shape index (κ2) is 6.94. The molecule has 0 spiro atoms. The third-order valence-electron chi connectivity index (χ3n) is 2.38. The first-order chi connectivity index (χ1) is 8.97. The van der Waals surface area contributed by atoms with E-state index >= 15 is 0 Å². The molecule has 0 unspecified atom stereocenters. The molecule has 0 aromatic heterocycles. The second-order valence-corrected chi connectivity index (χ2v) is 4.79. The van der Waals surface area contributed by atoms with Gasteiger partial charge >= 0.3 is 0 Å². The lowest BCUT2D eigenvalue weighted by Gasteiger charge is -2.10. The fourth-order valence-corrected chi connectivity index (χ4v) is 2.00. The average Bonchev–Trinajstić information content (AvgIpc) is 2.36. The number of carbonyl (C=O) groups is 2. The molecule has 0 heterocycles. The van der Waals surface area contributed by atoms with Crippen LogP contribution in [0.1, 0.15) is 12.5 Å². The molecule has 4 nitrogen and oxygen atoms in total. The van der Waals surface area contributed by atoms with Crippen molar-refractivity contribution in [3.63, 3.8) is 0 Å². The van der Waals surface area contributed by atoms with E-state index in [9.17, 15) is 14.0 Å². The smallest absolute Gasteiger partial charge is 0.242 e. The SMILES string of the molecule is CSCc1cc(F)cc(N/C(C)=C(\N)C(=O)C=O)c1. The van der Waals surface area contributed by atoms with Gasteiger partial charge in [-0.3, -0.25) is 9.59 Å². The van der Waals surface area contributed by atoms with Crippen molar-refractivity contribution in [3.05, 3.63) is 41.0 Å². The van der Waals surface area contributed by atoms with Crippen molar-refractivity contribution in [2.75, 3.05) is 11.6 Å². The number of nitrogens with two attached hydrogens (primary N) is 1. The van der Waals surface area contributed by atoms with E-state index in [1.54, 1.807) is 24.8 Å². The fraction of sp³-hybridized carbons (Fsp3) is 0.231. The Morgan fingerprint density at radius 1 is 1.47 bits per heavy atom. The Labute approximate surface area is 115 Å². The van der Waals surface area contributed by atoms with Gasteiger partial charge in [0.05, 0.1) is 0 Å². The van der Waals surface area contributed by atoms with Crippen LogP contribution in [0.25, 0.3) is 0 Å². The molecular formula is C13H15FN2O2S. The molecule has 0 amide bonds. The molecule has 0 aliphatic carbocycles. The summed E-state index contributed by atoms with van der Waals surface area (Å²) in [5.41, 5.74) is 6.95. The molecule has 102 valence electrons. The van der Waals surface area contributed by atoms with Crippen LogP contribution in [0.4, 0.5) is 10.1 Å². The van der Waals surface area contributed by atoms with Crippen LogP contribution >= 0.6 is 11.8 Å². The van der Waals surface area contributed by atoms with Crippen LogP contribution in [-0.4, -0.2) is 18.3 Å². The largest absolute Gasteiger partial charge is 0.394 e. The lowest BCUT2D eigenvalue weighted by Crippen LogP contribution is -2.17. The molecule has 3 N–H and O–H groups in total. The molecule has 0 saturated carbocycles. The number of benzene rings is 1. The minimum Gasteiger partial charge on any atom is -0.394 e. The van der Waals surface area contributed by atoms with Gasteiger partial charge in [-0.05, 0) is 36.9 Å². The first kappa shape index (κ1) is 15.2. The molecule has 0 saturated heterocycles. The summed E-state index contributed by atoms with van der Waals surface area (Å²) in [5, 5.41) is 2.82. The number of halogens is 1. The molecule has 0 bridgehead atoms. The summed E-state index contributed by atoms with van der Waals surface area (Å²) in [5.74, 6) is -0.495. The first-order valence-electron chi connectivity index (χ1n) is 5.49. The average molecular weight is 282 g/mol. The highest BCUT2D eigenvalue weighted by atomic mass is 32.2. The van der Waals surface area contributed by atoms with Gasteiger partial charge in [0.15, 0.2) is 6.29 Å². The van der Waals surface area contributed by atoms with E-state index in [0.717, 1.165) is 5.56 Å². The summed E-state index contributed by atoms with van der Waals surface area (Å²) in [6.07, 6.45) is 2.06. The van der Waals surface area contributed by atoms with Gasteiger partial charge in [0.25, 0.3) is 0 Å². The number of thioether (sulfide) groups is 1. The maximum atomic E-state index is 13.4. The zero-order valence-corrected chi connectivity index (χ0v) is 11.5. The first-order valence-corrected chi connectivity index (χ1v) is 6.88. The summed E-state index contributed by atoms with van der Waals surface area (Å²) in [6, 6.07) is 4.51. The Bertz CT molecular complexity index is 529. The van der Waals surface area contributed by atoms with Crippen molar-refractivity contribution in [1.29, 1.82) is 0 Å². The van der Waals surface area contributed by atoms with E-state index in [1.165, 1.54) is 12.1 Å². The zero-order valence-electron chi connectivity index (χ0n) is 10.7. The number of hydrogen-bond donors (Lipinski definition) is 2. The van der Waals surface area contributed by atoms with Gasteiger partial charge in [0, 0.05) is 17.1 Å². The molecule has 0 aliphatic rings. The molecule has 19 heavy (non-hydrogen) atoms. The number of allylic oxidation sites excluding steroid dienone is 2. The third-order valence-corrected chi connectivity index (χ3v) is 3.00. The second-order valence-electron chi connectivity index (χ2n) is 3.93. The highest BCUT2D eigenvalue weighted by Crippen LogP contribution is 2.19. The van der Waals surface area contributed by atoms with Gasteiger partial charge in [0.1, 0.15) is 11.5 Å². The minimum atomic E-state index is -0.800. The van der Waals surface area contributed by atoms with Crippen LogP contribution < -0.4 is 11.1 Å². The van der Waals surface area contributed by atoms with Crippen molar-refractivity contribution < 1.29 is 14.0 Å². The molecule has 1 rings (SSSR count). The predicted octanol–water partition coefficient (Wildman–Crippen LogP) is 2.06.